The Morgan fingerprint density at radius 3 is 2.56 bits per heavy atom. The molecule has 80 valence electrons. The molecule has 2 aromatic carbocycles. The van der Waals surface area contributed by atoms with Gasteiger partial charge in [-0.2, -0.15) is 5.26 Å². The molecule has 2 aromatic rings. The van der Waals surface area contributed by atoms with Crippen LogP contribution in [-0.4, -0.2) is 12.2 Å². The van der Waals surface area contributed by atoms with Crippen molar-refractivity contribution in [1.29, 1.82) is 5.26 Å². The summed E-state index contributed by atoms with van der Waals surface area (Å²) in [6.45, 7) is 0. The zero-order valence-corrected chi connectivity index (χ0v) is 8.84. The fourth-order valence-corrected chi connectivity index (χ4v) is 1.61. The van der Waals surface area contributed by atoms with Gasteiger partial charge < -0.3 is 9.84 Å². The van der Waals surface area contributed by atoms with Crippen molar-refractivity contribution >= 4 is 10.8 Å². The standard InChI is InChI=1S/C13H11NO2/c1-16-12-5-4-9-6-11(13(15)8-14)3-2-10(9)7-12/h2-7,13,15H,1H3/t13-/m1/s1. The molecule has 0 aliphatic carbocycles. The second kappa shape index (κ2) is 4.21. The monoisotopic (exact) mass is 213 g/mol. The Morgan fingerprint density at radius 2 is 1.88 bits per heavy atom. The van der Waals surface area contributed by atoms with Crippen molar-refractivity contribution in [3.8, 4) is 11.8 Å². The molecule has 1 atom stereocenters. The number of rotatable bonds is 2. The van der Waals surface area contributed by atoms with E-state index in [1.807, 2.05) is 30.3 Å². The highest BCUT2D eigenvalue weighted by Gasteiger charge is 2.06. The van der Waals surface area contributed by atoms with Crippen molar-refractivity contribution in [3.05, 3.63) is 42.0 Å². The number of nitrogens with zero attached hydrogens (tertiary/aromatic N) is 1. The van der Waals surface area contributed by atoms with Crippen LogP contribution in [0, 0.1) is 11.3 Å². The summed E-state index contributed by atoms with van der Waals surface area (Å²) in [7, 11) is 1.62. The van der Waals surface area contributed by atoms with Crippen LogP contribution in [0.25, 0.3) is 10.8 Å². The van der Waals surface area contributed by atoms with E-state index in [9.17, 15) is 5.11 Å². The van der Waals surface area contributed by atoms with Crippen LogP contribution in [0.4, 0.5) is 0 Å². The van der Waals surface area contributed by atoms with Crippen LogP contribution >= 0.6 is 0 Å². The Hall–Kier alpha value is -2.05. The summed E-state index contributed by atoms with van der Waals surface area (Å²) in [6, 6.07) is 12.9. The number of hydrogen-bond acceptors (Lipinski definition) is 3. The van der Waals surface area contributed by atoms with Crippen molar-refractivity contribution < 1.29 is 9.84 Å². The Kier molecular flexibility index (Phi) is 2.76. The third-order valence-corrected chi connectivity index (χ3v) is 2.51. The maximum Gasteiger partial charge on any atom is 0.165 e. The van der Waals surface area contributed by atoms with Crippen molar-refractivity contribution in [2.24, 2.45) is 0 Å². The lowest BCUT2D eigenvalue weighted by Gasteiger charge is -2.06. The molecule has 0 saturated heterocycles. The molecule has 3 nitrogen and oxygen atoms in total. The molecule has 0 fully saturated rings. The fraction of sp³-hybridized carbons (Fsp3) is 0.154. The number of nitriles is 1. The zero-order chi connectivity index (χ0) is 11.5. The second-order valence-electron chi connectivity index (χ2n) is 3.50. The average molecular weight is 213 g/mol. The highest BCUT2D eigenvalue weighted by atomic mass is 16.5. The van der Waals surface area contributed by atoms with Gasteiger partial charge in [0.15, 0.2) is 6.10 Å². The molecule has 1 N–H and O–H groups in total. The summed E-state index contributed by atoms with van der Waals surface area (Å²) >= 11 is 0. The van der Waals surface area contributed by atoms with Gasteiger partial charge in [0.1, 0.15) is 5.75 Å². The minimum Gasteiger partial charge on any atom is -0.497 e. The molecular weight excluding hydrogens is 202 g/mol. The van der Waals surface area contributed by atoms with Crippen LogP contribution in [0.1, 0.15) is 11.7 Å². The van der Waals surface area contributed by atoms with Crippen LogP contribution in [0.5, 0.6) is 5.75 Å². The van der Waals surface area contributed by atoms with E-state index in [0.29, 0.717) is 5.56 Å². The van der Waals surface area contributed by atoms with Gasteiger partial charge in [-0.25, -0.2) is 0 Å². The zero-order valence-electron chi connectivity index (χ0n) is 8.84. The Labute approximate surface area is 93.5 Å². The minimum absolute atomic E-state index is 0.611. The molecule has 0 aliphatic rings. The fourth-order valence-electron chi connectivity index (χ4n) is 1.61. The minimum atomic E-state index is -1.06. The summed E-state index contributed by atoms with van der Waals surface area (Å²) in [5, 5.41) is 20.0. The number of fused-ring (bicyclic) bond motifs is 1. The van der Waals surface area contributed by atoms with Crippen LogP contribution in [0.15, 0.2) is 36.4 Å². The second-order valence-corrected chi connectivity index (χ2v) is 3.50. The van der Waals surface area contributed by atoms with Gasteiger partial charge in [0.25, 0.3) is 0 Å². The molecule has 0 saturated carbocycles. The molecule has 16 heavy (non-hydrogen) atoms. The van der Waals surface area contributed by atoms with Crippen LogP contribution in [0.2, 0.25) is 0 Å². The molecule has 0 unspecified atom stereocenters. The van der Waals surface area contributed by atoms with Crippen LogP contribution < -0.4 is 4.74 Å². The van der Waals surface area contributed by atoms with Crippen molar-refractivity contribution in [3.63, 3.8) is 0 Å². The van der Waals surface area contributed by atoms with E-state index in [2.05, 4.69) is 0 Å². The van der Waals surface area contributed by atoms with Crippen molar-refractivity contribution in [2.75, 3.05) is 7.11 Å². The molecule has 2 rings (SSSR count). The SMILES string of the molecule is COc1ccc2cc([C@H](O)C#N)ccc2c1. The highest BCUT2D eigenvalue weighted by Crippen LogP contribution is 2.24. The van der Waals surface area contributed by atoms with Crippen LogP contribution in [-0.2, 0) is 0 Å². The topological polar surface area (TPSA) is 53.2 Å². The quantitative estimate of drug-likeness (QED) is 0.779. The number of benzene rings is 2. The number of methoxy groups -OCH3 is 1. The van der Waals surface area contributed by atoms with E-state index in [0.717, 1.165) is 16.5 Å². The van der Waals surface area contributed by atoms with Gasteiger partial charge >= 0.3 is 0 Å². The molecule has 3 heteroatoms. The Balaban J connectivity index is 2.52. The first-order valence-corrected chi connectivity index (χ1v) is 4.90. The molecule has 0 heterocycles. The molecule has 0 aliphatic heterocycles. The molecular formula is C13H11NO2. The molecule has 0 bridgehead atoms. The van der Waals surface area contributed by atoms with Gasteiger partial charge in [0, 0.05) is 0 Å². The Morgan fingerprint density at radius 1 is 1.19 bits per heavy atom. The molecule has 0 radical (unpaired) electrons. The summed E-state index contributed by atoms with van der Waals surface area (Å²) in [5.41, 5.74) is 0.611. The number of ether oxygens (including phenoxy) is 1. The van der Waals surface area contributed by atoms with Crippen molar-refractivity contribution in [1.82, 2.24) is 0 Å². The smallest absolute Gasteiger partial charge is 0.165 e. The van der Waals surface area contributed by atoms with Gasteiger partial charge in [0.05, 0.1) is 13.2 Å². The van der Waals surface area contributed by atoms with Gasteiger partial charge in [-0.3, -0.25) is 0 Å². The summed E-state index contributed by atoms with van der Waals surface area (Å²) in [5.74, 6) is 0.793. The molecule has 0 amide bonds. The van der Waals surface area contributed by atoms with E-state index >= 15 is 0 Å². The maximum atomic E-state index is 9.40. The predicted octanol–water partition coefficient (Wildman–Crippen LogP) is 2.41. The predicted molar refractivity (Wildman–Crippen MR) is 61.1 cm³/mol. The number of hydrogen-bond donors (Lipinski definition) is 1. The van der Waals surface area contributed by atoms with Gasteiger partial charge in [-0.1, -0.05) is 18.2 Å². The van der Waals surface area contributed by atoms with E-state index in [4.69, 9.17) is 10.00 Å². The van der Waals surface area contributed by atoms with E-state index in [1.165, 1.54) is 0 Å². The average Bonchev–Trinajstić information content (AvgIpc) is 2.36. The normalized spacial score (nSPS) is 12.1. The highest BCUT2D eigenvalue weighted by molar-refractivity contribution is 5.84. The summed E-state index contributed by atoms with van der Waals surface area (Å²) < 4.78 is 5.12. The third kappa shape index (κ3) is 1.83. The summed E-state index contributed by atoms with van der Waals surface area (Å²) in [6.07, 6.45) is -1.06. The van der Waals surface area contributed by atoms with E-state index < -0.39 is 6.10 Å². The van der Waals surface area contributed by atoms with Crippen molar-refractivity contribution in [2.45, 2.75) is 6.10 Å². The maximum absolute atomic E-state index is 9.40. The van der Waals surface area contributed by atoms with Crippen LogP contribution in [0.3, 0.4) is 0 Å². The third-order valence-electron chi connectivity index (χ3n) is 2.51. The van der Waals surface area contributed by atoms with Gasteiger partial charge in [0.2, 0.25) is 0 Å². The first-order valence-electron chi connectivity index (χ1n) is 4.90. The number of aliphatic hydroxyl groups is 1. The largest absolute Gasteiger partial charge is 0.497 e. The van der Waals surface area contributed by atoms with Gasteiger partial charge in [-0.05, 0) is 34.5 Å². The van der Waals surface area contributed by atoms with E-state index in [1.54, 1.807) is 19.2 Å². The lowest BCUT2D eigenvalue weighted by atomic mass is 10.0. The molecule has 0 aromatic heterocycles. The lowest BCUT2D eigenvalue weighted by molar-refractivity contribution is 0.236. The van der Waals surface area contributed by atoms with E-state index in [-0.39, 0.29) is 0 Å². The lowest BCUT2D eigenvalue weighted by Crippen LogP contribution is -1.92. The first-order chi connectivity index (χ1) is 7.74. The summed E-state index contributed by atoms with van der Waals surface area (Å²) in [4.78, 5) is 0. The van der Waals surface area contributed by atoms with Gasteiger partial charge in [-0.15, -0.1) is 0 Å². The first kappa shape index (κ1) is 10.5. The number of aliphatic hydroxyl groups excluding tert-OH is 1. The Bertz CT molecular complexity index is 557. The molecule has 0 spiro atoms.